The molecule has 2 aromatic heterocycles. The van der Waals surface area contributed by atoms with Crippen molar-refractivity contribution in [2.75, 3.05) is 6.54 Å². The number of hydrogen-bond acceptors (Lipinski definition) is 3. The molecule has 0 spiro atoms. The van der Waals surface area contributed by atoms with Crippen LogP contribution in [-0.2, 0) is 13.0 Å². The molecular weight excluding hydrogens is 359 g/mol. The lowest BCUT2D eigenvalue weighted by Gasteiger charge is -2.07. The van der Waals surface area contributed by atoms with E-state index in [1.165, 1.54) is 18.4 Å². The fourth-order valence-electron chi connectivity index (χ4n) is 3.08. The summed E-state index contributed by atoms with van der Waals surface area (Å²) in [5.41, 5.74) is 2.27. The highest BCUT2D eigenvalue weighted by Crippen LogP contribution is 2.20. The number of hydrogen-bond donors (Lipinski definition) is 2. The fraction of sp³-hybridized carbons (Fsp3) is 0.136. The summed E-state index contributed by atoms with van der Waals surface area (Å²) in [5.74, 6) is 0.664. The molecule has 5 nitrogen and oxygen atoms in total. The van der Waals surface area contributed by atoms with Crippen molar-refractivity contribution in [3.63, 3.8) is 0 Å². The molecule has 0 bridgehead atoms. The van der Waals surface area contributed by atoms with Crippen molar-refractivity contribution in [3.8, 4) is 5.75 Å². The molecule has 4 rings (SSSR count). The number of fused-ring (bicyclic) bond motifs is 1. The summed E-state index contributed by atoms with van der Waals surface area (Å²) < 4.78 is 24.5. The Labute approximate surface area is 161 Å². The molecule has 142 valence electrons. The van der Waals surface area contributed by atoms with Crippen LogP contribution in [-0.4, -0.2) is 17.4 Å². The van der Waals surface area contributed by atoms with Gasteiger partial charge in [0.25, 0.3) is 5.91 Å². The zero-order valence-corrected chi connectivity index (χ0v) is 15.1. The second-order valence-electron chi connectivity index (χ2n) is 6.37. The third kappa shape index (κ3) is 3.91. The van der Waals surface area contributed by atoms with Crippen LogP contribution < -0.4 is 10.1 Å². The van der Waals surface area contributed by atoms with Gasteiger partial charge in [-0.25, -0.2) is 4.39 Å². The van der Waals surface area contributed by atoms with Crippen molar-refractivity contribution in [2.24, 2.45) is 0 Å². The fourth-order valence-corrected chi connectivity index (χ4v) is 3.08. The van der Waals surface area contributed by atoms with Crippen LogP contribution in [0.3, 0.4) is 0 Å². The van der Waals surface area contributed by atoms with Gasteiger partial charge >= 0.3 is 0 Å². The van der Waals surface area contributed by atoms with Crippen molar-refractivity contribution in [3.05, 3.63) is 89.8 Å². The van der Waals surface area contributed by atoms with Crippen LogP contribution >= 0.6 is 0 Å². The van der Waals surface area contributed by atoms with Crippen LogP contribution in [0.25, 0.3) is 10.9 Å². The van der Waals surface area contributed by atoms with Crippen molar-refractivity contribution in [1.29, 1.82) is 0 Å². The lowest BCUT2D eigenvalue weighted by molar-refractivity contribution is 0.0949. The summed E-state index contributed by atoms with van der Waals surface area (Å²) in [5, 5.41) is 3.71. The van der Waals surface area contributed by atoms with Crippen LogP contribution in [0, 0.1) is 5.82 Å². The highest BCUT2D eigenvalue weighted by molar-refractivity contribution is 5.95. The topological polar surface area (TPSA) is 67.3 Å². The van der Waals surface area contributed by atoms with Crippen molar-refractivity contribution in [1.82, 2.24) is 10.3 Å². The first kappa shape index (κ1) is 17.9. The smallest absolute Gasteiger partial charge is 0.254 e. The molecule has 2 aromatic carbocycles. The maximum absolute atomic E-state index is 13.5. The van der Waals surface area contributed by atoms with Gasteiger partial charge in [0.15, 0.2) is 5.76 Å². The summed E-state index contributed by atoms with van der Waals surface area (Å²) in [7, 11) is 0. The second kappa shape index (κ2) is 8.00. The summed E-state index contributed by atoms with van der Waals surface area (Å²) in [4.78, 5) is 15.6. The number of furan rings is 1. The zero-order valence-electron chi connectivity index (χ0n) is 15.1. The number of rotatable bonds is 7. The van der Waals surface area contributed by atoms with E-state index in [-0.39, 0.29) is 18.3 Å². The van der Waals surface area contributed by atoms with Crippen LogP contribution in [0.1, 0.15) is 21.7 Å². The average molecular weight is 378 g/mol. The van der Waals surface area contributed by atoms with E-state index >= 15 is 0 Å². The number of amides is 1. The van der Waals surface area contributed by atoms with E-state index in [0.717, 1.165) is 16.5 Å². The molecule has 28 heavy (non-hydrogen) atoms. The molecule has 0 fully saturated rings. The highest BCUT2D eigenvalue weighted by atomic mass is 19.1. The Morgan fingerprint density at radius 1 is 1.14 bits per heavy atom. The number of aromatic amines is 1. The summed E-state index contributed by atoms with van der Waals surface area (Å²) in [6, 6.07) is 15.6. The maximum atomic E-state index is 13.5. The van der Waals surface area contributed by atoms with Crippen LogP contribution in [0.2, 0.25) is 0 Å². The van der Waals surface area contributed by atoms with E-state index in [9.17, 15) is 9.18 Å². The number of ether oxygens (including phenoxy) is 1. The minimum Gasteiger partial charge on any atom is -0.486 e. The average Bonchev–Trinajstić information content (AvgIpc) is 3.34. The molecule has 6 heteroatoms. The lowest BCUT2D eigenvalue weighted by Crippen LogP contribution is -2.26. The van der Waals surface area contributed by atoms with Gasteiger partial charge in [-0.1, -0.05) is 18.2 Å². The van der Waals surface area contributed by atoms with Crippen molar-refractivity contribution >= 4 is 16.8 Å². The predicted molar refractivity (Wildman–Crippen MR) is 104 cm³/mol. The Bertz CT molecular complexity index is 1090. The van der Waals surface area contributed by atoms with Gasteiger partial charge < -0.3 is 19.5 Å². The summed E-state index contributed by atoms with van der Waals surface area (Å²) in [6.07, 6.45) is 3.90. The van der Waals surface area contributed by atoms with Crippen LogP contribution in [0.5, 0.6) is 5.75 Å². The van der Waals surface area contributed by atoms with E-state index in [4.69, 9.17) is 9.15 Å². The number of H-pyrrole nitrogens is 1. The standard InChI is InChI=1S/C22H19FN2O3/c23-16-6-7-20-19(12-16)15(13-25-20)8-10-24-22(26)18-9-11-27-21(18)14-28-17-4-2-1-3-5-17/h1-7,9,11-13,25H,8,10,14H2,(H,24,26). The molecule has 2 heterocycles. The van der Waals surface area contributed by atoms with E-state index in [1.807, 2.05) is 36.5 Å². The Kier molecular flexibility index (Phi) is 5.10. The monoisotopic (exact) mass is 378 g/mol. The van der Waals surface area contributed by atoms with Crippen LogP contribution in [0.15, 0.2) is 71.5 Å². The van der Waals surface area contributed by atoms with Gasteiger partial charge in [0.05, 0.1) is 11.8 Å². The Balaban J connectivity index is 1.35. The first-order valence-corrected chi connectivity index (χ1v) is 8.98. The predicted octanol–water partition coefficient (Wildman–Crippen LogP) is 4.45. The number of nitrogens with one attached hydrogen (secondary N) is 2. The molecule has 0 atom stereocenters. The first-order valence-electron chi connectivity index (χ1n) is 8.98. The second-order valence-corrected chi connectivity index (χ2v) is 6.37. The van der Waals surface area contributed by atoms with Crippen LogP contribution in [0.4, 0.5) is 4.39 Å². The molecule has 0 saturated carbocycles. The Hall–Kier alpha value is -3.54. The number of benzene rings is 2. The first-order chi connectivity index (χ1) is 13.7. The lowest BCUT2D eigenvalue weighted by atomic mass is 10.1. The maximum Gasteiger partial charge on any atom is 0.254 e. The third-order valence-electron chi connectivity index (χ3n) is 4.51. The minimum absolute atomic E-state index is 0.168. The number of halogens is 1. The highest BCUT2D eigenvalue weighted by Gasteiger charge is 2.15. The number of carbonyl (C=O) groups excluding carboxylic acids is 1. The van der Waals surface area contributed by atoms with Gasteiger partial charge in [-0.15, -0.1) is 0 Å². The van der Waals surface area contributed by atoms with E-state index in [1.54, 1.807) is 12.1 Å². The summed E-state index contributed by atoms with van der Waals surface area (Å²) in [6.45, 7) is 0.591. The number of aromatic nitrogens is 1. The molecule has 0 radical (unpaired) electrons. The van der Waals surface area contributed by atoms with Gasteiger partial charge in [-0.2, -0.15) is 0 Å². The van der Waals surface area contributed by atoms with Gasteiger partial charge in [-0.05, 0) is 48.4 Å². The van der Waals surface area contributed by atoms with E-state index in [0.29, 0.717) is 30.0 Å². The van der Waals surface area contributed by atoms with Gasteiger partial charge in [0, 0.05) is 23.6 Å². The van der Waals surface area contributed by atoms with Crippen molar-refractivity contribution in [2.45, 2.75) is 13.0 Å². The molecule has 0 aliphatic carbocycles. The zero-order chi connectivity index (χ0) is 19.3. The van der Waals surface area contributed by atoms with E-state index in [2.05, 4.69) is 10.3 Å². The quantitative estimate of drug-likeness (QED) is 0.499. The Morgan fingerprint density at radius 2 is 2.00 bits per heavy atom. The number of carbonyl (C=O) groups is 1. The van der Waals surface area contributed by atoms with Gasteiger partial charge in [0.1, 0.15) is 18.2 Å². The van der Waals surface area contributed by atoms with E-state index < -0.39 is 0 Å². The SMILES string of the molecule is O=C(NCCc1c[nH]c2ccc(F)cc12)c1ccoc1COc1ccccc1. The molecule has 2 N–H and O–H groups in total. The molecule has 4 aromatic rings. The van der Waals surface area contributed by atoms with Gasteiger partial charge in [0.2, 0.25) is 0 Å². The summed E-state index contributed by atoms with van der Waals surface area (Å²) >= 11 is 0. The van der Waals surface area contributed by atoms with Crippen molar-refractivity contribution < 1.29 is 18.3 Å². The van der Waals surface area contributed by atoms with Gasteiger partial charge in [-0.3, -0.25) is 4.79 Å². The minimum atomic E-state index is -0.279. The molecule has 0 unspecified atom stereocenters. The molecule has 0 aliphatic rings. The molecule has 1 amide bonds. The number of para-hydroxylation sites is 1. The molecule has 0 aliphatic heterocycles. The molecular formula is C22H19FN2O3. The molecule has 0 saturated heterocycles. The Morgan fingerprint density at radius 3 is 2.86 bits per heavy atom. The third-order valence-corrected chi connectivity index (χ3v) is 4.51. The largest absolute Gasteiger partial charge is 0.486 e. The normalized spacial score (nSPS) is 10.9.